The first-order valence-corrected chi connectivity index (χ1v) is 9.54. The Bertz CT molecular complexity index is 818. The second-order valence-electron chi connectivity index (χ2n) is 6.46. The summed E-state index contributed by atoms with van der Waals surface area (Å²) >= 11 is 6.06. The normalized spacial score (nSPS) is 13.9. The standard InChI is InChI=1S/C20H24ClN5O/c1-15-14-18(26-12-4-5-13-26)25-20(24-15)23-11-10-22-19(27)9-8-16-6-2-3-7-17(16)21/h2-3,6-9,14H,4-5,10-13H2,1H3,(H,22,27)(H,23,24,25)/b9-8+. The summed E-state index contributed by atoms with van der Waals surface area (Å²) in [6.45, 7) is 5.08. The van der Waals surface area contributed by atoms with Gasteiger partial charge in [-0.25, -0.2) is 4.98 Å². The van der Waals surface area contributed by atoms with Crippen molar-refractivity contribution < 1.29 is 4.79 Å². The van der Waals surface area contributed by atoms with Crippen LogP contribution in [0.25, 0.3) is 6.08 Å². The highest BCUT2D eigenvalue weighted by molar-refractivity contribution is 6.32. The Balaban J connectivity index is 1.46. The predicted octanol–water partition coefficient (Wildman–Crippen LogP) is 3.28. The molecule has 1 amide bonds. The number of nitrogens with one attached hydrogen (secondary N) is 2. The van der Waals surface area contributed by atoms with Gasteiger partial charge in [0, 0.05) is 49.0 Å². The van der Waals surface area contributed by atoms with E-state index < -0.39 is 0 Å². The summed E-state index contributed by atoms with van der Waals surface area (Å²) in [5.41, 5.74) is 1.75. The molecular formula is C20H24ClN5O. The lowest BCUT2D eigenvalue weighted by Crippen LogP contribution is -2.27. The monoisotopic (exact) mass is 385 g/mol. The van der Waals surface area contributed by atoms with E-state index >= 15 is 0 Å². The number of aromatic nitrogens is 2. The minimum atomic E-state index is -0.167. The number of hydrogen-bond acceptors (Lipinski definition) is 5. The van der Waals surface area contributed by atoms with Crippen molar-refractivity contribution in [1.29, 1.82) is 0 Å². The Morgan fingerprint density at radius 2 is 2.00 bits per heavy atom. The first-order valence-electron chi connectivity index (χ1n) is 9.17. The van der Waals surface area contributed by atoms with Gasteiger partial charge in [-0.1, -0.05) is 29.8 Å². The van der Waals surface area contributed by atoms with E-state index in [1.54, 1.807) is 12.1 Å². The molecule has 2 heterocycles. The van der Waals surface area contributed by atoms with Crippen LogP contribution in [0.3, 0.4) is 0 Å². The number of carbonyl (C=O) groups excluding carboxylic acids is 1. The van der Waals surface area contributed by atoms with Crippen LogP contribution in [0.15, 0.2) is 36.4 Å². The van der Waals surface area contributed by atoms with Crippen LogP contribution >= 0.6 is 11.6 Å². The molecule has 1 aromatic carbocycles. The van der Waals surface area contributed by atoms with Gasteiger partial charge in [-0.2, -0.15) is 4.98 Å². The summed E-state index contributed by atoms with van der Waals surface area (Å²) in [5, 5.41) is 6.63. The number of rotatable bonds is 7. The maximum absolute atomic E-state index is 11.9. The van der Waals surface area contributed by atoms with E-state index in [0.29, 0.717) is 24.1 Å². The van der Waals surface area contributed by atoms with Crippen LogP contribution in [-0.2, 0) is 4.79 Å². The molecule has 0 radical (unpaired) electrons. The zero-order valence-corrected chi connectivity index (χ0v) is 16.2. The van der Waals surface area contributed by atoms with Gasteiger partial charge < -0.3 is 15.5 Å². The molecule has 1 fully saturated rings. The fourth-order valence-electron chi connectivity index (χ4n) is 2.93. The smallest absolute Gasteiger partial charge is 0.244 e. The minimum Gasteiger partial charge on any atom is -0.356 e. The molecule has 27 heavy (non-hydrogen) atoms. The number of nitrogens with zero attached hydrogens (tertiary/aromatic N) is 3. The van der Waals surface area contributed by atoms with Crippen molar-refractivity contribution in [2.45, 2.75) is 19.8 Å². The first kappa shape index (κ1) is 19.2. The van der Waals surface area contributed by atoms with Gasteiger partial charge in [0.05, 0.1) is 0 Å². The number of amides is 1. The third kappa shape index (κ3) is 5.69. The lowest BCUT2D eigenvalue weighted by atomic mass is 10.2. The van der Waals surface area contributed by atoms with Crippen LogP contribution in [0.4, 0.5) is 11.8 Å². The van der Waals surface area contributed by atoms with Crippen molar-refractivity contribution in [3.05, 3.63) is 52.7 Å². The number of aryl methyl sites for hydroxylation is 1. The maximum Gasteiger partial charge on any atom is 0.244 e. The maximum atomic E-state index is 11.9. The highest BCUT2D eigenvalue weighted by Gasteiger charge is 2.14. The molecule has 1 aliphatic rings. The number of anilines is 2. The van der Waals surface area contributed by atoms with Crippen LogP contribution < -0.4 is 15.5 Å². The molecular weight excluding hydrogens is 362 g/mol. The zero-order chi connectivity index (χ0) is 19.1. The molecule has 0 unspecified atom stereocenters. The largest absolute Gasteiger partial charge is 0.356 e. The summed E-state index contributed by atoms with van der Waals surface area (Å²) < 4.78 is 0. The van der Waals surface area contributed by atoms with Crippen LogP contribution in [0.5, 0.6) is 0 Å². The molecule has 1 aliphatic heterocycles. The zero-order valence-electron chi connectivity index (χ0n) is 15.4. The Morgan fingerprint density at radius 3 is 2.78 bits per heavy atom. The highest BCUT2D eigenvalue weighted by atomic mass is 35.5. The van der Waals surface area contributed by atoms with Crippen molar-refractivity contribution in [3.8, 4) is 0 Å². The van der Waals surface area contributed by atoms with E-state index in [-0.39, 0.29) is 5.91 Å². The van der Waals surface area contributed by atoms with Crippen LogP contribution in [0.2, 0.25) is 5.02 Å². The third-order valence-corrected chi connectivity index (χ3v) is 4.64. The van der Waals surface area contributed by atoms with Gasteiger partial charge >= 0.3 is 0 Å². The third-order valence-electron chi connectivity index (χ3n) is 4.30. The second kappa shape index (κ2) is 9.37. The van der Waals surface area contributed by atoms with E-state index in [1.165, 1.54) is 18.9 Å². The van der Waals surface area contributed by atoms with Crippen LogP contribution in [0.1, 0.15) is 24.1 Å². The minimum absolute atomic E-state index is 0.167. The quantitative estimate of drug-likeness (QED) is 0.565. The number of hydrogen-bond donors (Lipinski definition) is 2. The summed E-state index contributed by atoms with van der Waals surface area (Å²) in [5.74, 6) is 1.40. The Morgan fingerprint density at radius 1 is 1.22 bits per heavy atom. The van der Waals surface area contributed by atoms with Gasteiger partial charge in [-0.3, -0.25) is 4.79 Å². The number of carbonyl (C=O) groups is 1. The Hall–Kier alpha value is -2.60. The Kier molecular flexibility index (Phi) is 6.65. The molecule has 0 saturated carbocycles. The molecule has 3 rings (SSSR count). The lowest BCUT2D eigenvalue weighted by Gasteiger charge is -2.17. The van der Waals surface area contributed by atoms with Gasteiger partial charge in [0.25, 0.3) is 0 Å². The molecule has 0 atom stereocenters. The van der Waals surface area contributed by atoms with Crippen molar-refractivity contribution in [3.63, 3.8) is 0 Å². The van der Waals surface area contributed by atoms with Crippen molar-refractivity contribution in [2.24, 2.45) is 0 Å². The molecule has 2 aromatic rings. The fraction of sp³-hybridized carbons (Fsp3) is 0.350. The van der Waals surface area contributed by atoms with Gasteiger partial charge in [-0.05, 0) is 37.5 Å². The molecule has 2 N–H and O–H groups in total. The van der Waals surface area contributed by atoms with Crippen molar-refractivity contribution in [2.75, 3.05) is 36.4 Å². The molecule has 1 aromatic heterocycles. The molecule has 0 spiro atoms. The number of halogens is 1. The van der Waals surface area contributed by atoms with Gasteiger partial charge in [-0.15, -0.1) is 0 Å². The molecule has 7 heteroatoms. The SMILES string of the molecule is Cc1cc(N2CCCC2)nc(NCCNC(=O)/C=C/c2ccccc2Cl)n1. The average molecular weight is 386 g/mol. The fourth-order valence-corrected chi connectivity index (χ4v) is 3.13. The van der Waals surface area contributed by atoms with Gasteiger partial charge in [0.15, 0.2) is 0 Å². The lowest BCUT2D eigenvalue weighted by molar-refractivity contribution is -0.116. The Labute approximate surface area is 164 Å². The van der Waals surface area contributed by atoms with Gasteiger partial charge in [0.2, 0.25) is 11.9 Å². The first-order chi connectivity index (χ1) is 13.1. The van der Waals surface area contributed by atoms with E-state index in [2.05, 4.69) is 25.5 Å². The predicted molar refractivity (Wildman–Crippen MR) is 110 cm³/mol. The molecule has 0 bridgehead atoms. The second-order valence-corrected chi connectivity index (χ2v) is 6.87. The van der Waals surface area contributed by atoms with E-state index in [9.17, 15) is 4.79 Å². The van der Waals surface area contributed by atoms with Crippen LogP contribution in [0, 0.1) is 6.92 Å². The molecule has 0 aliphatic carbocycles. The van der Waals surface area contributed by atoms with E-state index in [1.807, 2.05) is 31.2 Å². The van der Waals surface area contributed by atoms with E-state index in [4.69, 9.17) is 11.6 Å². The summed E-state index contributed by atoms with van der Waals surface area (Å²) in [4.78, 5) is 23.2. The van der Waals surface area contributed by atoms with Crippen LogP contribution in [-0.4, -0.2) is 42.1 Å². The van der Waals surface area contributed by atoms with Crippen molar-refractivity contribution >= 4 is 35.4 Å². The molecule has 1 saturated heterocycles. The average Bonchev–Trinajstić information content (AvgIpc) is 3.19. The molecule has 6 nitrogen and oxygen atoms in total. The van der Waals surface area contributed by atoms with E-state index in [0.717, 1.165) is 30.2 Å². The number of benzene rings is 1. The summed E-state index contributed by atoms with van der Waals surface area (Å²) in [6.07, 6.45) is 5.60. The highest BCUT2D eigenvalue weighted by Crippen LogP contribution is 2.19. The summed E-state index contributed by atoms with van der Waals surface area (Å²) in [7, 11) is 0. The summed E-state index contributed by atoms with van der Waals surface area (Å²) in [6, 6.07) is 9.40. The topological polar surface area (TPSA) is 70.2 Å². The molecule has 142 valence electrons. The van der Waals surface area contributed by atoms with Gasteiger partial charge in [0.1, 0.15) is 5.82 Å². The van der Waals surface area contributed by atoms with Crippen molar-refractivity contribution in [1.82, 2.24) is 15.3 Å².